The quantitative estimate of drug-likeness (QED) is 0.521. The van der Waals surface area contributed by atoms with Crippen molar-refractivity contribution in [1.29, 1.82) is 0 Å². The number of unbranched alkanes of at least 4 members (excludes halogenated alkanes) is 6. The van der Waals surface area contributed by atoms with E-state index in [9.17, 15) is 5.11 Å². The van der Waals surface area contributed by atoms with Crippen LogP contribution in [0, 0.1) is 0 Å². The second-order valence-electron chi connectivity index (χ2n) is 5.10. The topological polar surface area (TPSA) is 20.2 Å². The van der Waals surface area contributed by atoms with Crippen LogP contribution in [0.3, 0.4) is 0 Å². The third kappa shape index (κ3) is 6.78. The molecule has 19 heavy (non-hydrogen) atoms. The Morgan fingerprint density at radius 1 is 1.11 bits per heavy atom. The van der Waals surface area contributed by atoms with E-state index in [1.165, 1.54) is 38.5 Å². The van der Waals surface area contributed by atoms with Crippen molar-refractivity contribution in [3.63, 3.8) is 0 Å². The van der Waals surface area contributed by atoms with E-state index in [-0.39, 0.29) is 6.10 Å². The maximum Gasteiger partial charge on any atom is 0.0790 e. The Balaban J connectivity index is 2.20. The molecule has 0 aliphatic carbocycles. The Hall–Kier alpha value is -0.0500. The molecule has 1 nitrogen and oxygen atoms in total. The normalized spacial score (nSPS) is 12.6. The summed E-state index contributed by atoms with van der Waals surface area (Å²) in [5.41, 5.74) is 0.947. The first-order valence-corrected chi connectivity index (χ1v) is 8.45. The van der Waals surface area contributed by atoms with Gasteiger partial charge in [0.1, 0.15) is 0 Å². The van der Waals surface area contributed by atoms with E-state index in [2.05, 4.69) is 22.9 Å². The van der Waals surface area contributed by atoms with Crippen LogP contribution in [0.1, 0.15) is 70.0 Å². The zero-order valence-electron chi connectivity index (χ0n) is 11.7. The molecule has 0 aliphatic heterocycles. The van der Waals surface area contributed by atoms with Gasteiger partial charge in [0.2, 0.25) is 0 Å². The molecule has 0 bridgehead atoms. The Kier molecular flexibility index (Phi) is 8.76. The minimum Gasteiger partial charge on any atom is -0.388 e. The molecule has 1 aromatic rings. The molecule has 1 unspecified atom stereocenters. The number of hydrogen-bond donors (Lipinski definition) is 1. The number of halogens is 2. The maximum absolute atomic E-state index is 10.1. The molecular formula is C16H24BrClO. The lowest BCUT2D eigenvalue weighted by atomic mass is 10.0. The van der Waals surface area contributed by atoms with E-state index in [1.807, 2.05) is 18.2 Å². The smallest absolute Gasteiger partial charge is 0.0790 e. The molecule has 0 heterocycles. The largest absolute Gasteiger partial charge is 0.388 e. The summed E-state index contributed by atoms with van der Waals surface area (Å²) in [6, 6.07) is 5.64. The van der Waals surface area contributed by atoms with Gasteiger partial charge in [0.25, 0.3) is 0 Å². The van der Waals surface area contributed by atoms with Gasteiger partial charge in [0.05, 0.1) is 11.1 Å². The summed E-state index contributed by atoms with van der Waals surface area (Å²) < 4.78 is 0.852. The van der Waals surface area contributed by atoms with Crippen LogP contribution in [-0.4, -0.2) is 5.11 Å². The van der Waals surface area contributed by atoms with E-state index in [1.54, 1.807) is 0 Å². The molecular weight excluding hydrogens is 324 g/mol. The van der Waals surface area contributed by atoms with Crippen molar-refractivity contribution >= 4 is 27.5 Å². The van der Waals surface area contributed by atoms with E-state index in [0.717, 1.165) is 22.9 Å². The molecule has 0 fully saturated rings. The second kappa shape index (κ2) is 9.79. The number of rotatable bonds is 9. The van der Waals surface area contributed by atoms with Crippen LogP contribution in [0.25, 0.3) is 0 Å². The lowest BCUT2D eigenvalue weighted by molar-refractivity contribution is 0.163. The van der Waals surface area contributed by atoms with Crippen LogP contribution < -0.4 is 0 Å². The van der Waals surface area contributed by atoms with E-state index >= 15 is 0 Å². The van der Waals surface area contributed by atoms with Crippen LogP contribution in [0.2, 0.25) is 5.02 Å². The number of hydrogen-bond acceptors (Lipinski definition) is 1. The summed E-state index contributed by atoms with van der Waals surface area (Å²) >= 11 is 9.33. The summed E-state index contributed by atoms with van der Waals surface area (Å²) in [5, 5.41) is 10.8. The summed E-state index contributed by atoms with van der Waals surface area (Å²) in [6.45, 7) is 2.24. The zero-order chi connectivity index (χ0) is 14.1. The number of aliphatic hydroxyl groups is 1. The standard InChI is InChI=1S/C16H24BrClO/c1-2-3-4-5-6-7-8-9-16(19)13-10-11-15(18)14(17)12-13/h10-12,16,19H,2-9H2,1H3. The lowest BCUT2D eigenvalue weighted by Crippen LogP contribution is -1.97. The van der Waals surface area contributed by atoms with Crippen LogP contribution in [0.5, 0.6) is 0 Å². The molecule has 108 valence electrons. The van der Waals surface area contributed by atoms with Crippen LogP contribution >= 0.6 is 27.5 Å². The van der Waals surface area contributed by atoms with Crippen molar-refractivity contribution in [1.82, 2.24) is 0 Å². The zero-order valence-corrected chi connectivity index (χ0v) is 14.0. The predicted octanol–water partition coefficient (Wildman–Crippen LogP) is 6.28. The fourth-order valence-corrected chi connectivity index (χ4v) is 2.70. The monoisotopic (exact) mass is 346 g/mol. The highest BCUT2D eigenvalue weighted by Crippen LogP contribution is 2.28. The maximum atomic E-state index is 10.1. The molecule has 1 aromatic carbocycles. The molecule has 0 saturated carbocycles. The summed E-state index contributed by atoms with van der Waals surface area (Å²) in [4.78, 5) is 0. The molecule has 0 amide bonds. The molecule has 3 heteroatoms. The lowest BCUT2D eigenvalue weighted by Gasteiger charge is -2.11. The van der Waals surface area contributed by atoms with E-state index < -0.39 is 0 Å². The Labute approximate surface area is 130 Å². The van der Waals surface area contributed by atoms with Gasteiger partial charge in [-0.05, 0) is 40.0 Å². The average Bonchev–Trinajstić information content (AvgIpc) is 2.40. The molecule has 0 radical (unpaired) electrons. The molecule has 1 N–H and O–H groups in total. The Morgan fingerprint density at radius 2 is 1.74 bits per heavy atom. The van der Waals surface area contributed by atoms with Crippen LogP contribution in [-0.2, 0) is 0 Å². The Bertz CT molecular complexity index is 368. The third-order valence-electron chi connectivity index (χ3n) is 3.41. The first-order valence-electron chi connectivity index (χ1n) is 7.28. The SMILES string of the molecule is CCCCCCCCCC(O)c1ccc(Cl)c(Br)c1. The minimum atomic E-state index is -0.371. The molecule has 0 aliphatic rings. The van der Waals surface area contributed by atoms with Crippen molar-refractivity contribution in [2.75, 3.05) is 0 Å². The molecule has 1 atom stereocenters. The minimum absolute atomic E-state index is 0.371. The number of aliphatic hydroxyl groups excluding tert-OH is 1. The van der Waals surface area contributed by atoms with Gasteiger partial charge in [-0.25, -0.2) is 0 Å². The van der Waals surface area contributed by atoms with Gasteiger partial charge in [0.15, 0.2) is 0 Å². The van der Waals surface area contributed by atoms with Crippen molar-refractivity contribution in [3.8, 4) is 0 Å². The van der Waals surface area contributed by atoms with Gasteiger partial charge in [-0.3, -0.25) is 0 Å². The van der Waals surface area contributed by atoms with Crippen molar-refractivity contribution in [3.05, 3.63) is 33.3 Å². The highest BCUT2D eigenvalue weighted by atomic mass is 79.9. The van der Waals surface area contributed by atoms with E-state index in [4.69, 9.17) is 11.6 Å². The Morgan fingerprint density at radius 3 is 2.37 bits per heavy atom. The predicted molar refractivity (Wildman–Crippen MR) is 86.7 cm³/mol. The van der Waals surface area contributed by atoms with Crippen molar-refractivity contribution in [2.24, 2.45) is 0 Å². The number of benzene rings is 1. The van der Waals surface area contributed by atoms with Crippen molar-refractivity contribution in [2.45, 2.75) is 64.4 Å². The summed E-state index contributed by atoms with van der Waals surface area (Å²) in [5.74, 6) is 0. The molecule has 0 saturated heterocycles. The average molecular weight is 348 g/mol. The molecule has 1 rings (SSSR count). The van der Waals surface area contributed by atoms with Gasteiger partial charge in [-0.1, -0.05) is 69.5 Å². The van der Waals surface area contributed by atoms with Gasteiger partial charge in [0, 0.05) is 4.47 Å². The van der Waals surface area contributed by atoms with Gasteiger partial charge in [-0.15, -0.1) is 0 Å². The van der Waals surface area contributed by atoms with Gasteiger partial charge < -0.3 is 5.11 Å². The second-order valence-corrected chi connectivity index (χ2v) is 6.36. The highest BCUT2D eigenvalue weighted by Gasteiger charge is 2.08. The van der Waals surface area contributed by atoms with Gasteiger partial charge in [-0.2, -0.15) is 0 Å². The first kappa shape index (κ1) is 17.0. The molecule has 0 aromatic heterocycles. The van der Waals surface area contributed by atoms with Crippen LogP contribution in [0.4, 0.5) is 0 Å². The van der Waals surface area contributed by atoms with Crippen LogP contribution in [0.15, 0.2) is 22.7 Å². The van der Waals surface area contributed by atoms with Gasteiger partial charge >= 0.3 is 0 Å². The summed E-state index contributed by atoms with van der Waals surface area (Å²) in [7, 11) is 0. The van der Waals surface area contributed by atoms with E-state index in [0.29, 0.717) is 5.02 Å². The first-order chi connectivity index (χ1) is 9.15. The van der Waals surface area contributed by atoms with Crippen molar-refractivity contribution < 1.29 is 5.11 Å². The fraction of sp³-hybridized carbons (Fsp3) is 0.625. The molecule has 0 spiro atoms. The highest BCUT2D eigenvalue weighted by molar-refractivity contribution is 9.10. The third-order valence-corrected chi connectivity index (χ3v) is 4.62. The summed E-state index contributed by atoms with van der Waals surface area (Å²) in [6.07, 6.45) is 9.39. The fourth-order valence-electron chi connectivity index (χ4n) is 2.18.